The van der Waals surface area contributed by atoms with Gasteiger partial charge in [0, 0.05) is 25.1 Å². The number of hydrogen-bond donors (Lipinski definition) is 0. The summed E-state index contributed by atoms with van der Waals surface area (Å²) in [4.78, 5) is 30.8. The molecule has 0 N–H and O–H groups in total. The van der Waals surface area contributed by atoms with Crippen molar-refractivity contribution in [3.05, 3.63) is 46.2 Å². The van der Waals surface area contributed by atoms with E-state index >= 15 is 0 Å². The number of ether oxygens (including phenoxy) is 3. The third kappa shape index (κ3) is 6.48. The van der Waals surface area contributed by atoms with Gasteiger partial charge in [-0.2, -0.15) is 0 Å². The van der Waals surface area contributed by atoms with Crippen molar-refractivity contribution in [1.82, 2.24) is 9.80 Å². The Morgan fingerprint density at radius 1 is 1.18 bits per heavy atom. The molecule has 0 radical (unpaired) electrons. The van der Waals surface area contributed by atoms with Gasteiger partial charge in [0.15, 0.2) is 11.5 Å². The predicted octanol–water partition coefficient (Wildman–Crippen LogP) is 3.78. The molecular formula is C25H34N2O5S. The van der Waals surface area contributed by atoms with Gasteiger partial charge < -0.3 is 24.0 Å². The van der Waals surface area contributed by atoms with E-state index < -0.39 is 0 Å². The molecule has 7 nitrogen and oxygen atoms in total. The molecule has 1 aromatic carbocycles. The normalized spacial score (nSPS) is 15.3. The summed E-state index contributed by atoms with van der Waals surface area (Å²) in [5, 5.41) is 2.06. The topological polar surface area (TPSA) is 68.3 Å². The standard InChI is InChI=1S/C25H34N2O5S/c1-18(2)9-12-26(25(29)17-30-3)15-24(28)27-13-10-23-19(11-14-33-23)20(27)16-32-22-8-6-5-7-21(22)31-4/h5-8,11,14,18,20H,9-10,12-13,15-17H2,1-4H3/t20-/m1/s1. The number of carbonyl (C=O) groups excluding carboxylic acids is 2. The first-order valence-corrected chi connectivity index (χ1v) is 12.2. The number of benzene rings is 1. The van der Waals surface area contributed by atoms with Crippen molar-refractivity contribution in [2.75, 3.05) is 47.1 Å². The zero-order valence-corrected chi connectivity index (χ0v) is 20.7. The minimum Gasteiger partial charge on any atom is -0.493 e. The summed E-state index contributed by atoms with van der Waals surface area (Å²) in [6, 6.07) is 9.35. The van der Waals surface area contributed by atoms with Crippen molar-refractivity contribution in [2.45, 2.75) is 32.7 Å². The van der Waals surface area contributed by atoms with Crippen molar-refractivity contribution in [1.29, 1.82) is 0 Å². The van der Waals surface area contributed by atoms with Crippen LogP contribution in [0.5, 0.6) is 11.5 Å². The number of thiophene rings is 1. The SMILES string of the molecule is COCC(=O)N(CCC(C)C)CC(=O)N1CCc2sccc2[C@H]1COc1ccccc1OC. The third-order valence-corrected chi connectivity index (χ3v) is 6.80. The minimum atomic E-state index is -0.220. The van der Waals surface area contributed by atoms with E-state index in [0.717, 1.165) is 18.4 Å². The number of fused-ring (bicyclic) bond motifs is 1. The fourth-order valence-electron chi connectivity index (χ4n) is 3.96. The fourth-order valence-corrected chi connectivity index (χ4v) is 4.88. The van der Waals surface area contributed by atoms with Gasteiger partial charge in [-0.3, -0.25) is 9.59 Å². The maximum atomic E-state index is 13.5. The summed E-state index contributed by atoms with van der Waals surface area (Å²) < 4.78 is 16.6. The zero-order valence-electron chi connectivity index (χ0n) is 19.9. The highest BCUT2D eigenvalue weighted by atomic mass is 32.1. The van der Waals surface area contributed by atoms with Crippen LogP contribution in [-0.2, 0) is 20.7 Å². The second kappa shape index (κ2) is 12.0. The maximum absolute atomic E-state index is 13.5. The largest absolute Gasteiger partial charge is 0.493 e. The van der Waals surface area contributed by atoms with Crippen LogP contribution in [0.3, 0.4) is 0 Å². The van der Waals surface area contributed by atoms with Gasteiger partial charge in [0.05, 0.1) is 19.7 Å². The van der Waals surface area contributed by atoms with Gasteiger partial charge in [0.25, 0.3) is 0 Å². The van der Waals surface area contributed by atoms with Crippen LogP contribution >= 0.6 is 11.3 Å². The van der Waals surface area contributed by atoms with Crippen LogP contribution in [0.2, 0.25) is 0 Å². The van der Waals surface area contributed by atoms with E-state index in [1.165, 1.54) is 12.0 Å². The molecule has 0 bridgehead atoms. The van der Waals surface area contributed by atoms with Gasteiger partial charge in [-0.25, -0.2) is 0 Å². The van der Waals surface area contributed by atoms with Crippen LogP contribution in [0, 0.1) is 5.92 Å². The van der Waals surface area contributed by atoms with Gasteiger partial charge >= 0.3 is 0 Å². The number of nitrogens with zero attached hydrogens (tertiary/aromatic N) is 2. The Kier molecular flexibility index (Phi) is 9.14. The van der Waals surface area contributed by atoms with Crippen LogP contribution < -0.4 is 9.47 Å². The molecule has 0 unspecified atom stereocenters. The lowest BCUT2D eigenvalue weighted by Gasteiger charge is -2.37. The average molecular weight is 475 g/mol. The van der Waals surface area contributed by atoms with Gasteiger partial charge in [-0.1, -0.05) is 26.0 Å². The highest BCUT2D eigenvalue weighted by Crippen LogP contribution is 2.35. The maximum Gasteiger partial charge on any atom is 0.249 e. The Balaban J connectivity index is 1.77. The summed E-state index contributed by atoms with van der Waals surface area (Å²) >= 11 is 1.71. The Morgan fingerprint density at radius 3 is 2.64 bits per heavy atom. The van der Waals surface area contributed by atoms with Gasteiger partial charge in [0.1, 0.15) is 13.2 Å². The lowest BCUT2D eigenvalue weighted by atomic mass is 10.0. The molecule has 1 aliphatic rings. The first-order valence-electron chi connectivity index (χ1n) is 11.3. The molecule has 2 amide bonds. The van der Waals surface area contributed by atoms with Crippen molar-refractivity contribution in [3.63, 3.8) is 0 Å². The number of methoxy groups -OCH3 is 2. The molecule has 180 valence electrons. The quantitative estimate of drug-likeness (QED) is 0.496. The predicted molar refractivity (Wildman–Crippen MR) is 129 cm³/mol. The van der Waals surface area contributed by atoms with Crippen molar-refractivity contribution < 1.29 is 23.8 Å². The van der Waals surface area contributed by atoms with Crippen molar-refractivity contribution >= 4 is 23.2 Å². The van der Waals surface area contributed by atoms with Crippen LogP contribution in [0.25, 0.3) is 0 Å². The van der Waals surface area contributed by atoms with E-state index in [1.807, 2.05) is 29.2 Å². The smallest absolute Gasteiger partial charge is 0.249 e. The summed E-state index contributed by atoms with van der Waals surface area (Å²) in [5.41, 5.74) is 1.12. The summed E-state index contributed by atoms with van der Waals surface area (Å²) in [6.45, 7) is 5.67. The third-order valence-electron chi connectivity index (χ3n) is 5.80. The van der Waals surface area contributed by atoms with Gasteiger partial charge in [-0.15, -0.1) is 11.3 Å². The van der Waals surface area contributed by atoms with E-state index in [2.05, 4.69) is 25.3 Å². The minimum absolute atomic E-state index is 0.0274. The first kappa shape index (κ1) is 25.1. The summed E-state index contributed by atoms with van der Waals surface area (Å²) in [5.74, 6) is 1.49. The first-order chi connectivity index (χ1) is 15.9. The molecule has 2 heterocycles. The van der Waals surface area contributed by atoms with E-state index in [4.69, 9.17) is 14.2 Å². The molecule has 2 aromatic rings. The Morgan fingerprint density at radius 2 is 1.94 bits per heavy atom. The van der Waals surface area contributed by atoms with Crippen LogP contribution in [0.15, 0.2) is 35.7 Å². The van der Waals surface area contributed by atoms with Crippen LogP contribution in [0.1, 0.15) is 36.8 Å². The van der Waals surface area contributed by atoms with E-state index in [9.17, 15) is 9.59 Å². The Labute approximate surface area is 200 Å². The molecule has 0 saturated carbocycles. The second-order valence-electron chi connectivity index (χ2n) is 8.54. The monoisotopic (exact) mass is 474 g/mol. The van der Waals surface area contributed by atoms with E-state index in [0.29, 0.717) is 37.1 Å². The second-order valence-corrected chi connectivity index (χ2v) is 9.55. The van der Waals surface area contributed by atoms with Crippen molar-refractivity contribution in [3.8, 4) is 11.5 Å². The molecule has 0 fully saturated rings. The van der Waals surface area contributed by atoms with Crippen LogP contribution in [-0.4, -0.2) is 68.7 Å². The number of amides is 2. The lowest BCUT2D eigenvalue weighted by Crippen LogP contribution is -2.48. The molecule has 1 aliphatic heterocycles. The molecule has 8 heteroatoms. The van der Waals surface area contributed by atoms with Gasteiger partial charge in [0.2, 0.25) is 11.8 Å². The Hall–Kier alpha value is -2.58. The number of para-hydroxylation sites is 2. The van der Waals surface area contributed by atoms with E-state index in [1.54, 1.807) is 23.3 Å². The van der Waals surface area contributed by atoms with Crippen LogP contribution in [0.4, 0.5) is 0 Å². The van der Waals surface area contributed by atoms with Crippen molar-refractivity contribution in [2.24, 2.45) is 5.92 Å². The molecule has 0 saturated heterocycles. The number of carbonyl (C=O) groups is 2. The Bertz CT molecular complexity index is 929. The number of rotatable bonds is 11. The molecule has 3 rings (SSSR count). The lowest BCUT2D eigenvalue weighted by molar-refractivity contribution is -0.144. The summed E-state index contributed by atoms with van der Waals surface area (Å²) in [7, 11) is 3.10. The molecule has 0 spiro atoms. The zero-order chi connectivity index (χ0) is 23.8. The number of hydrogen-bond acceptors (Lipinski definition) is 6. The highest BCUT2D eigenvalue weighted by Gasteiger charge is 2.33. The fraction of sp³-hybridized carbons (Fsp3) is 0.520. The molecule has 33 heavy (non-hydrogen) atoms. The molecular weight excluding hydrogens is 440 g/mol. The van der Waals surface area contributed by atoms with E-state index in [-0.39, 0.29) is 31.0 Å². The average Bonchev–Trinajstić information content (AvgIpc) is 3.29. The molecule has 0 aliphatic carbocycles. The van der Waals surface area contributed by atoms with Gasteiger partial charge in [-0.05, 0) is 47.9 Å². The highest BCUT2D eigenvalue weighted by molar-refractivity contribution is 7.10. The summed E-state index contributed by atoms with van der Waals surface area (Å²) in [6.07, 6.45) is 1.64. The molecule has 1 aromatic heterocycles. The molecule has 1 atom stereocenters.